The third kappa shape index (κ3) is 2.32. The number of benzene rings is 1. The highest BCUT2D eigenvalue weighted by Gasteiger charge is 2.53. The number of nitrogens with zero attached hydrogens (tertiary/aromatic N) is 4. The molecule has 1 amide bonds. The standard InChI is InChI=1S/C17H18ClFN4O/c1-22-10-20-21-15(22)12-8-23(9-17(12)5-2-6-17)16(24)11-3-4-14(19)13(18)7-11/h3-4,7,10,12H,2,5-6,8-9H2,1H3. The molecule has 2 fully saturated rings. The lowest BCUT2D eigenvalue weighted by molar-refractivity contribution is 0.0723. The van der Waals surface area contributed by atoms with Gasteiger partial charge in [0.2, 0.25) is 0 Å². The molecule has 0 N–H and O–H groups in total. The van der Waals surface area contributed by atoms with Crippen LogP contribution in [0.25, 0.3) is 0 Å². The molecule has 5 nitrogen and oxygen atoms in total. The van der Waals surface area contributed by atoms with E-state index in [1.807, 2.05) is 16.5 Å². The second-order valence-electron chi connectivity index (χ2n) is 6.88. The van der Waals surface area contributed by atoms with E-state index in [-0.39, 0.29) is 22.3 Å². The van der Waals surface area contributed by atoms with E-state index in [9.17, 15) is 9.18 Å². The molecule has 2 heterocycles. The maximum Gasteiger partial charge on any atom is 0.253 e. The quantitative estimate of drug-likeness (QED) is 0.838. The van der Waals surface area contributed by atoms with Gasteiger partial charge in [0.25, 0.3) is 5.91 Å². The fourth-order valence-electron chi connectivity index (χ4n) is 4.04. The molecular formula is C17H18ClFN4O. The molecule has 4 rings (SSSR count). The van der Waals surface area contributed by atoms with Crippen molar-refractivity contribution in [2.45, 2.75) is 25.2 Å². The summed E-state index contributed by atoms with van der Waals surface area (Å²) in [5.74, 6) is 0.510. The molecule has 1 unspecified atom stereocenters. The van der Waals surface area contributed by atoms with Crippen molar-refractivity contribution < 1.29 is 9.18 Å². The Morgan fingerprint density at radius 3 is 2.79 bits per heavy atom. The maximum absolute atomic E-state index is 13.3. The summed E-state index contributed by atoms with van der Waals surface area (Å²) >= 11 is 5.82. The number of halogens is 2. The van der Waals surface area contributed by atoms with Crippen LogP contribution in [-0.2, 0) is 7.05 Å². The Balaban J connectivity index is 1.62. The first-order chi connectivity index (χ1) is 11.5. The molecule has 1 aromatic carbocycles. The van der Waals surface area contributed by atoms with Gasteiger partial charge in [0.1, 0.15) is 18.0 Å². The van der Waals surface area contributed by atoms with Gasteiger partial charge < -0.3 is 9.47 Å². The van der Waals surface area contributed by atoms with Gasteiger partial charge in [0, 0.05) is 31.6 Å². The van der Waals surface area contributed by atoms with Gasteiger partial charge in [-0.05, 0) is 36.5 Å². The molecule has 1 saturated carbocycles. The lowest BCUT2D eigenvalue weighted by Gasteiger charge is -2.42. The molecule has 1 spiro atoms. The molecule has 0 bridgehead atoms. The molecule has 1 atom stereocenters. The minimum atomic E-state index is -0.512. The van der Waals surface area contributed by atoms with Crippen molar-refractivity contribution in [3.8, 4) is 0 Å². The second-order valence-corrected chi connectivity index (χ2v) is 7.29. The van der Waals surface area contributed by atoms with E-state index in [0.717, 1.165) is 18.7 Å². The predicted molar refractivity (Wildman–Crippen MR) is 87.3 cm³/mol. The Morgan fingerprint density at radius 2 is 2.21 bits per heavy atom. The van der Waals surface area contributed by atoms with Crippen molar-refractivity contribution >= 4 is 17.5 Å². The number of hydrogen-bond acceptors (Lipinski definition) is 3. The molecule has 1 saturated heterocycles. The number of aryl methyl sites for hydroxylation is 1. The van der Waals surface area contributed by atoms with Crippen molar-refractivity contribution in [3.63, 3.8) is 0 Å². The third-order valence-electron chi connectivity index (χ3n) is 5.51. The summed E-state index contributed by atoms with van der Waals surface area (Å²) in [4.78, 5) is 14.7. The number of aromatic nitrogens is 3. The van der Waals surface area contributed by atoms with Crippen LogP contribution >= 0.6 is 11.6 Å². The molecule has 24 heavy (non-hydrogen) atoms. The van der Waals surface area contributed by atoms with Crippen LogP contribution in [0.15, 0.2) is 24.5 Å². The van der Waals surface area contributed by atoms with Gasteiger partial charge in [-0.25, -0.2) is 4.39 Å². The topological polar surface area (TPSA) is 51.0 Å². The Labute approximate surface area is 144 Å². The summed E-state index contributed by atoms with van der Waals surface area (Å²) < 4.78 is 15.3. The van der Waals surface area contributed by atoms with E-state index in [4.69, 9.17) is 11.6 Å². The van der Waals surface area contributed by atoms with E-state index in [1.54, 1.807) is 6.33 Å². The van der Waals surface area contributed by atoms with Crippen molar-refractivity contribution in [2.24, 2.45) is 12.5 Å². The van der Waals surface area contributed by atoms with Gasteiger partial charge in [0.15, 0.2) is 0 Å². The monoisotopic (exact) mass is 348 g/mol. The van der Waals surface area contributed by atoms with Gasteiger partial charge in [-0.15, -0.1) is 10.2 Å². The van der Waals surface area contributed by atoms with Crippen LogP contribution in [-0.4, -0.2) is 38.7 Å². The van der Waals surface area contributed by atoms with Gasteiger partial charge in [-0.3, -0.25) is 4.79 Å². The Hall–Kier alpha value is -1.95. The molecule has 0 radical (unpaired) electrons. The highest BCUT2D eigenvalue weighted by Crippen LogP contribution is 2.55. The number of carbonyl (C=O) groups is 1. The van der Waals surface area contributed by atoms with E-state index in [2.05, 4.69) is 10.2 Å². The Kier molecular flexibility index (Phi) is 3.60. The molecular weight excluding hydrogens is 331 g/mol. The first-order valence-electron chi connectivity index (χ1n) is 8.08. The highest BCUT2D eigenvalue weighted by atomic mass is 35.5. The molecule has 1 aliphatic carbocycles. The summed E-state index contributed by atoms with van der Waals surface area (Å²) in [5, 5.41) is 8.24. The number of amides is 1. The zero-order valence-electron chi connectivity index (χ0n) is 13.4. The maximum atomic E-state index is 13.3. The van der Waals surface area contributed by atoms with Gasteiger partial charge in [-0.2, -0.15) is 0 Å². The van der Waals surface area contributed by atoms with E-state index >= 15 is 0 Å². The van der Waals surface area contributed by atoms with Crippen molar-refractivity contribution in [2.75, 3.05) is 13.1 Å². The predicted octanol–water partition coefficient (Wildman–Crippen LogP) is 3.02. The molecule has 126 valence electrons. The minimum absolute atomic E-state index is 0.0248. The van der Waals surface area contributed by atoms with Gasteiger partial charge >= 0.3 is 0 Å². The zero-order chi connectivity index (χ0) is 16.9. The van der Waals surface area contributed by atoms with Crippen molar-refractivity contribution in [1.82, 2.24) is 19.7 Å². The number of rotatable bonds is 2. The summed E-state index contributed by atoms with van der Waals surface area (Å²) in [6, 6.07) is 4.14. The SMILES string of the molecule is Cn1cnnc1C1CN(C(=O)c2ccc(F)c(Cl)c2)CC12CCC2. The molecule has 1 aromatic heterocycles. The Bertz CT molecular complexity index is 802. The Morgan fingerprint density at radius 1 is 1.42 bits per heavy atom. The number of hydrogen-bond donors (Lipinski definition) is 0. The number of likely N-dealkylation sites (tertiary alicyclic amines) is 1. The summed E-state index contributed by atoms with van der Waals surface area (Å²) in [6.45, 7) is 1.32. The summed E-state index contributed by atoms with van der Waals surface area (Å²) in [5.41, 5.74) is 0.523. The first kappa shape index (κ1) is 15.6. The third-order valence-corrected chi connectivity index (χ3v) is 5.80. The highest BCUT2D eigenvalue weighted by molar-refractivity contribution is 6.31. The number of carbonyl (C=O) groups excluding carboxylic acids is 1. The molecule has 7 heteroatoms. The lowest BCUT2D eigenvalue weighted by atomic mass is 9.62. The van der Waals surface area contributed by atoms with Crippen molar-refractivity contribution in [3.05, 3.63) is 46.8 Å². The summed E-state index contributed by atoms with van der Waals surface area (Å²) in [6.07, 6.45) is 5.07. The van der Waals surface area contributed by atoms with Crippen LogP contribution in [0.1, 0.15) is 41.4 Å². The van der Waals surface area contributed by atoms with Gasteiger partial charge in [0.05, 0.1) is 5.02 Å². The summed E-state index contributed by atoms with van der Waals surface area (Å²) in [7, 11) is 1.94. The van der Waals surface area contributed by atoms with Crippen molar-refractivity contribution in [1.29, 1.82) is 0 Å². The van der Waals surface area contributed by atoms with Crippen LogP contribution in [0.4, 0.5) is 4.39 Å². The van der Waals surface area contributed by atoms with E-state index in [0.29, 0.717) is 18.7 Å². The molecule has 1 aliphatic heterocycles. The first-order valence-corrected chi connectivity index (χ1v) is 8.46. The smallest absolute Gasteiger partial charge is 0.253 e. The molecule has 2 aromatic rings. The largest absolute Gasteiger partial charge is 0.337 e. The van der Waals surface area contributed by atoms with Crippen LogP contribution in [0, 0.1) is 11.2 Å². The fourth-order valence-corrected chi connectivity index (χ4v) is 4.22. The van der Waals surface area contributed by atoms with Crippen LogP contribution < -0.4 is 0 Å². The fraction of sp³-hybridized carbons (Fsp3) is 0.471. The van der Waals surface area contributed by atoms with Gasteiger partial charge in [-0.1, -0.05) is 18.0 Å². The van der Waals surface area contributed by atoms with Crippen LogP contribution in [0.2, 0.25) is 5.02 Å². The molecule has 2 aliphatic rings. The van der Waals surface area contributed by atoms with Crippen LogP contribution in [0.5, 0.6) is 0 Å². The van der Waals surface area contributed by atoms with E-state index < -0.39 is 5.82 Å². The minimum Gasteiger partial charge on any atom is -0.337 e. The lowest BCUT2D eigenvalue weighted by Crippen LogP contribution is -2.38. The normalized spacial score (nSPS) is 22.0. The average molecular weight is 349 g/mol. The zero-order valence-corrected chi connectivity index (χ0v) is 14.1. The van der Waals surface area contributed by atoms with E-state index in [1.165, 1.54) is 24.6 Å². The second kappa shape index (κ2) is 5.55. The average Bonchev–Trinajstić information content (AvgIpc) is 3.12. The van der Waals surface area contributed by atoms with Crippen LogP contribution in [0.3, 0.4) is 0 Å².